The van der Waals surface area contributed by atoms with Crippen molar-refractivity contribution >= 4 is 6.29 Å². The van der Waals surface area contributed by atoms with Gasteiger partial charge in [0.2, 0.25) is 0 Å². The van der Waals surface area contributed by atoms with E-state index in [2.05, 4.69) is 0 Å². The fourth-order valence-electron chi connectivity index (χ4n) is 0. The second-order valence-corrected chi connectivity index (χ2v) is 0.794. The van der Waals surface area contributed by atoms with Gasteiger partial charge in [0.05, 0.1) is 0 Å². The Balaban J connectivity index is 0. The Bertz CT molecular complexity index is 35.8. The summed E-state index contributed by atoms with van der Waals surface area (Å²) in [5.41, 5.74) is 0. The van der Waals surface area contributed by atoms with Gasteiger partial charge in [-0.3, -0.25) is 0 Å². The van der Waals surface area contributed by atoms with Crippen LogP contribution in [-0.4, -0.2) is 17.5 Å². The number of rotatable bonds is 1. The number of hydrogen-bond donors (Lipinski definition) is 1. The smallest absolute Gasteiger partial charge is 0.539 e. The molecule has 0 aromatic rings. The van der Waals surface area contributed by atoms with Gasteiger partial charge in [0.15, 0.2) is 0 Å². The molecule has 0 saturated carbocycles. The summed E-state index contributed by atoms with van der Waals surface area (Å²) in [5.74, 6) is 0. The molecule has 0 spiro atoms. The average Bonchev–Trinajstić information content (AvgIpc) is 1.38. The molecule has 0 rings (SSSR count). The maximum Gasteiger partial charge on any atom is 1.00 e. The van der Waals surface area contributed by atoms with Crippen LogP contribution in [0.25, 0.3) is 0 Å². The third kappa shape index (κ3) is 8.91. The maximum absolute atomic E-state index is 9.13. The molecule has 0 aromatic carbocycles. The quantitative estimate of drug-likeness (QED) is 0.389. The molecule has 0 aromatic heterocycles. The van der Waals surface area contributed by atoms with Crippen molar-refractivity contribution < 1.29 is 27.0 Å². The molecule has 0 amide bonds. The third-order valence-corrected chi connectivity index (χ3v) is 0.171. The van der Waals surface area contributed by atoms with Crippen molar-refractivity contribution in [2.75, 3.05) is 0 Å². The van der Waals surface area contributed by atoms with E-state index in [9.17, 15) is 0 Å². The first-order chi connectivity index (χ1) is 2.27. The van der Waals surface area contributed by atoms with Crippen LogP contribution < -0.4 is 0 Å². The zero-order chi connectivity index (χ0) is 4.28. The van der Waals surface area contributed by atoms with Crippen LogP contribution in [0.15, 0.2) is 0 Å². The molecule has 0 aliphatic carbocycles. The van der Waals surface area contributed by atoms with Gasteiger partial charge in [-0.25, -0.2) is 6.29 Å². The summed E-state index contributed by atoms with van der Waals surface area (Å²) in [4.78, 5) is 9.13. The average molecular weight is 137 g/mol. The van der Waals surface area contributed by atoms with Crippen LogP contribution in [0.5, 0.6) is 0 Å². The molecule has 0 bridgehead atoms. The number of aliphatic hydroxyl groups excluding tert-OH is 1. The Hall–Kier alpha value is 0.149. The largest absolute Gasteiger partial charge is 1.00 e. The molecule has 0 heterocycles. The first kappa shape index (κ1) is 9.47. The van der Waals surface area contributed by atoms with Crippen molar-refractivity contribution in [1.82, 2.24) is 0 Å². The Morgan fingerprint density at radius 2 is 2.00 bits per heavy atom. The summed E-state index contributed by atoms with van der Waals surface area (Å²) in [6, 6.07) is 0. The Morgan fingerprint density at radius 1 is 1.83 bits per heavy atom. The molecule has 2 nitrogen and oxygen atoms in total. The molecular weight excluding hydrogens is 132 g/mol. The molecular formula is C3H5CuO2. The normalized spacial score (nSPS) is 11.7. The van der Waals surface area contributed by atoms with Crippen molar-refractivity contribution in [2.45, 2.75) is 13.0 Å². The summed E-state index contributed by atoms with van der Waals surface area (Å²) in [6.45, 7) is 1.35. The zero-order valence-electron chi connectivity index (χ0n) is 3.23. The van der Waals surface area contributed by atoms with Gasteiger partial charge < -0.3 is 9.90 Å². The molecule has 0 saturated heterocycles. The number of carbonyl (C=O) groups excluding carboxylic acids is 1. The van der Waals surface area contributed by atoms with E-state index >= 15 is 0 Å². The van der Waals surface area contributed by atoms with Gasteiger partial charge in [0.25, 0.3) is 0 Å². The van der Waals surface area contributed by atoms with Crippen molar-refractivity contribution in [1.29, 1.82) is 0 Å². The van der Waals surface area contributed by atoms with E-state index in [4.69, 9.17) is 9.90 Å². The topological polar surface area (TPSA) is 37.3 Å². The first-order valence-corrected chi connectivity index (χ1v) is 1.33. The van der Waals surface area contributed by atoms with Crippen LogP contribution in [0.1, 0.15) is 6.92 Å². The van der Waals surface area contributed by atoms with Crippen molar-refractivity contribution in [3.8, 4) is 0 Å². The molecule has 1 atom stereocenters. The van der Waals surface area contributed by atoms with E-state index in [1.807, 2.05) is 0 Å². The van der Waals surface area contributed by atoms with E-state index in [-0.39, 0.29) is 17.1 Å². The molecule has 3 heteroatoms. The third-order valence-electron chi connectivity index (χ3n) is 0.171. The van der Waals surface area contributed by atoms with Crippen LogP contribution in [0, 0.1) is 0 Å². The summed E-state index contributed by atoms with van der Waals surface area (Å²) >= 11 is 0. The van der Waals surface area contributed by atoms with E-state index in [1.165, 1.54) is 13.2 Å². The molecule has 6 heavy (non-hydrogen) atoms. The van der Waals surface area contributed by atoms with E-state index in [0.29, 0.717) is 0 Å². The Morgan fingerprint density at radius 3 is 2.00 bits per heavy atom. The molecule has 40 valence electrons. The predicted octanol–water partition coefficient (Wildman–Crippen LogP) is -0.526. The minimum atomic E-state index is -0.921. The van der Waals surface area contributed by atoms with Crippen LogP contribution in [-0.2, 0) is 21.9 Å². The van der Waals surface area contributed by atoms with Crippen molar-refractivity contribution in [3.05, 3.63) is 0 Å². The summed E-state index contributed by atoms with van der Waals surface area (Å²) in [6.07, 6.45) is 0.412. The summed E-state index contributed by atoms with van der Waals surface area (Å²) in [5, 5.41) is 7.94. The maximum atomic E-state index is 9.13. The molecule has 1 unspecified atom stereocenters. The van der Waals surface area contributed by atoms with Gasteiger partial charge >= 0.3 is 17.1 Å². The predicted molar refractivity (Wildman–Crippen MR) is 17.4 cm³/mol. The second-order valence-electron chi connectivity index (χ2n) is 0.794. The van der Waals surface area contributed by atoms with Gasteiger partial charge in [0, 0.05) is 0 Å². The van der Waals surface area contributed by atoms with Gasteiger partial charge in [0.1, 0.15) is 0 Å². The first-order valence-electron chi connectivity index (χ1n) is 1.33. The monoisotopic (exact) mass is 136 g/mol. The summed E-state index contributed by atoms with van der Waals surface area (Å²) in [7, 11) is 0. The fourth-order valence-corrected chi connectivity index (χ4v) is 0. The van der Waals surface area contributed by atoms with E-state index in [0.717, 1.165) is 0 Å². The number of aliphatic hydroxyl groups is 1. The molecule has 0 radical (unpaired) electrons. The molecule has 0 aliphatic heterocycles. The zero-order valence-corrected chi connectivity index (χ0v) is 4.18. The van der Waals surface area contributed by atoms with Crippen LogP contribution in [0.4, 0.5) is 0 Å². The molecule has 0 aliphatic rings. The minimum Gasteiger partial charge on any atom is -0.539 e. The van der Waals surface area contributed by atoms with Crippen molar-refractivity contribution in [2.24, 2.45) is 0 Å². The van der Waals surface area contributed by atoms with Crippen molar-refractivity contribution in [3.63, 3.8) is 0 Å². The van der Waals surface area contributed by atoms with Gasteiger partial charge in [-0.1, -0.05) is 6.92 Å². The SMILES string of the molecule is CC(O)[C-]=O.[Cu+]. The number of hydrogen-bond acceptors (Lipinski definition) is 2. The summed E-state index contributed by atoms with van der Waals surface area (Å²) < 4.78 is 0. The van der Waals surface area contributed by atoms with Crippen LogP contribution in [0.3, 0.4) is 0 Å². The van der Waals surface area contributed by atoms with E-state index < -0.39 is 6.10 Å². The fraction of sp³-hybridized carbons (Fsp3) is 0.667. The van der Waals surface area contributed by atoms with Gasteiger partial charge in [-0.15, -0.1) is 0 Å². The van der Waals surface area contributed by atoms with Crippen LogP contribution >= 0.6 is 0 Å². The molecule has 1 N–H and O–H groups in total. The standard InChI is InChI=1S/C3H5O2.Cu/c1-3(5)2-4;/h3,5H,1H3;/q-1;+1. The van der Waals surface area contributed by atoms with E-state index in [1.54, 1.807) is 0 Å². The second kappa shape index (κ2) is 5.15. The van der Waals surface area contributed by atoms with Gasteiger partial charge in [-0.05, 0) is 6.10 Å². The minimum absolute atomic E-state index is 0. The van der Waals surface area contributed by atoms with Gasteiger partial charge in [-0.2, -0.15) is 0 Å². The Kier molecular flexibility index (Phi) is 8.13. The molecule has 0 fully saturated rings. The van der Waals surface area contributed by atoms with Crippen LogP contribution in [0.2, 0.25) is 0 Å². The Labute approximate surface area is 47.0 Å².